The number of nitrogens with one attached hydrogen (secondary N) is 2. The highest BCUT2D eigenvalue weighted by Gasteiger charge is 2.41. The van der Waals surface area contributed by atoms with E-state index in [9.17, 15) is 4.79 Å². The number of benzene rings is 1. The smallest absolute Gasteiger partial charge is 0.245 e. The van der Waals surface area contributed by atoms with Crippen molar-refractivity contribution in [2.45, 2.75) is 31.8 Å². The van der Waals surface area contributed by atoms with Crippen LogP contribution in [0.4, 0.5) is 5.69 Å². The molecule has 5 nitrogen and oxygen atoms in total. The molecular formula is C21H29N3O2S. The van der Waals surface area contributed by atoms with Gasteiger partial charge in [0.25, 0.3) is 0 Å². The zero-order valence-electron chi connectivity index (χ0n) is 16.2. The molecule has 0 bridgehead atoms. The first-order valence-corrected chi connectivity index (χ1v) is 10.3. The summed E-state index contributed by atoms with van der Waals surface area (Å²) < 4.78 is 5.07. The normalized spacial score (nSPS) is 16.8. The van der Waals surface area contributed by atoms with Crippen LogP contribution in [-0.2, 0) is 16.1 Å². The Kier molecular flexibility index (Phi) is 6.88. The van der Waals surface area contributed by atoms with Crippen LogP contribution in [0.5, 0.6) is 0 Å². The number of para-hydroxylation sites is 1. The lowest BCUT2D eigenvalue weighted by Crippen LogP contribution is -2.58. The number of carbonyl (C=O) groups is 1. The second kappa shape index (κ2) is 9.35. The van der Waals surface area contributed by atoms with E-state index in [1.807, 2.05) is 41.7 Å². The standard InChI is InChI=1S/C21H29N3O2S/c1-17-8-9-19(27-17)16-24-13-10-21(11-14-24,20(25)22-12-15-26-2)23-18-6-4-3-5-7-18/h3-9,23H,10-16H2,1-2H3,(H,22,25). The monoisotopic (exact) mass is 387 g/mol. The zero-order chi connectivity index (χ0) is 19.1. The number of ether oxygens (including phenoxy) is 1. The molecule has 1 fully saturated rings. The van der Waals surface area contributed by atoms with Crippen molar-refractivity contribution in [2.24, 2.45) is 0 Å². The Morgan fingerprint density at radius 3 is 2.56 bits per heavy atom. The molecule has 3 rings (SSSR count). The summed E-state index contributed by atoms with van der Waals surface area (Å²) in [6, 6.07) is 14.4. The first-order chi connectivity index (χ1) is 13.1. The van der Waals surface area contributed by atoms with Crippen molar-refractivity contribution in [2.75, 3.05) is 38.7 Å². The predicted octanol–water partition coefficient (Wildman–Crippen LogP) is 3.27. The summed E-state index contributed by atoms with van der Waals surface area (Å²) in [6.07, 6.45) is 1.57. The Hall–Kier alpha value is -1.89. The van der Waals surface area contributed by atoms with Crippen molar-refractivity contribution in [1.82, 2.24) is 10.2 Å². The molecule has 1 amide bonds. The van der Waals surface area contributed by atoms with Crippen molar-refractivity contribution < 1.29 is 9.53 Å². The number of hydrogen-bond acceptors (Lipinski definition) is 5. The van der Waals surface area contributed by atoms with Gasteiger partial charge >= 0.3 is 0 Å². The van der Waals surface area contributed by atoms with E-state index in [0.717, 1.165) is 38.2 Å². The topological polar surface area (TPSA) is 53.6 Å². The lowest BCUT2D eigenvalue weighted by molar-refractivity contribution is -0.127. The van der Waals surface area contributed by atoms with Gasteiger partial charge in [0.15, 0.2) is 0 Å². The summed E-state index contributed by atoms with van der Waals surface area (Å²) in [5.74, 6) is 0.0648. The minimum Gasteiger partial charge on any atom is -0.383 e. The molecule has 27 heavy (non-hydrogen) atoms. The molecular weight excluding hydrogens is 358 g/mol. The van der Waals surface area contributed by atoms with Crippen molar-refractivity contribution in [3.8, 4) is 0 Å². The average Bonchev–Trinajstić information content (AvgIpc) is 3.09. The number of likely N-dealkylation sites (tertiary alicyclic amines) is 1. The number of amides is 1. The molecule has 0 unspecified atom stereocenters. The largest absolute Gasteiger partial charge is 0.383 e. The summed E-state index contributed by atoms with van der Waals surface area (Å²) in [7, 11) is 1.65. The fourth-order valence-electron chi connectivity index (χ4n) is 3.53. The molecule has 146 valence electrons. The Labute approximate surface area is 165 Å². The summed E-state index contributed by atoms with van der Waals surface area (Å²) in [6.45, 7) is 5.96. The quantitative estimate of drug-likeness (QED) is 0.683. The third kappa shape index (κ3) is 5.31. The van der Waals surface area contributed by atoms with Gasteiger partial charge in [0.05, 0.1) is 6.61 Å². The third-order valence-corrected chi connectivity index (χ3v) is 6.05. The molecule has 1 aromatic carbocycles. The number of hydrogen-bond donors (Lipinski definition) is 2. The third-order valence-electron chi connectivity index (χ3n) is 5.07. The van der Waals surface area contributed by atoms with Crippen LogP contribution in [0.3, 0.4) is 0 Å². The van der Waals surface area contributed by atoms with Gasteiger partial charge in [0.1, 0.15) is 5.54 Å². The van der Waals surface area contributed by atoms with E-state index in [2.05, 4.69) is 34.6 Å². The lowest BCUT2D eigenvalue weighted by atomic mass is 9.85. The molecule has 2 N–H and O–H groups in total. The average molecular weight is 388 g/mol. The van der Waals surface area contributed by atoms with E-state index in [4.69, 9.17) is 4.74 Å². The van der Waals surface area contributed by atoms with Crippen LogP contribution >= 0.6 is 11.3 Å². The van der Waals surface area contributed by atoms with E-state index < -0.39 is 5.54 Å². The molecule has 0 spiro atoms. The number of carbonyl (C=O) groups excluding carboxylic acids is 1. The van der Waals surface area contributed by atoms with Gasteiger partial charge in [-0.15, -0.1) is 11.3 Å². The van der Waals surface area contributed by atoms with Crippen molar-refractivity contribution >= 4 is 22.9 Å². The van der Waals surface area contributed by atoms with Crippen LogP contribution < -0.4 is 10.6 Å². The van der Waals surface area contributed by atoms with Crippen LogP contribution in [0.1, 0.15) is 22.6 Å². The highest BCUT2D eigenvalue weighted by molar-refractivity contribution is 7.11. The van der Waals surface area contributed by atoms with Crippen LogP contribution in [-0.4, -0.2) is 49.7 Å². The SMILES string of the molecule is COCCNC(=O)C1(Nc2ccccc2)CCN(Cc2ccc(C)s2)CC1. The molecule has 1 aliphatic heterocycles. The summed E-state index contributed by atoms with van der Waals surface area (Å²) in [5.41, 5.74) is 0.415. The Morgan fingerprint density at radius 1 is 1.19 bits per heavy atom. The molecule has 0 atom stereocenters. The van der Waals surface area contributed by atoms with Gasteiger partial charge in [-0.25, -0.2) is 0 Å². The van der Waals surface area contributed by atoms with Gasteiger partial charge in [0.2, 0.25) is 5.91 Å². The predicted molar refractivity (Wildman–Crippen MR) is 111 cm³/mol. The van der Waals surface area contributed by atoms with E-state index in [1.54, 1.807) is 7.11 Å². The maximum Gasteiger partial charge on any atom is 0.245 e. The molecule has 6 heteroatoms. The lowest BCUT2D eigenvalue weighted by Gasteiger charge is -2.41. The van der Waals surface area contributed by atoms with Crippen LogP contribution in [0, 0.1) is 6.92 Å². The van der Waals surface area contributed by atoms with E-state index in [-0.39, 0.29) is 5.91 Å². The number of piperidine rings is 1. The summed E-state index contributed by atoms with van der Waals surface area (Å²) in [5, 5.41) is 6.57. The number of aryl methyl sites for hydroxylation is 1. The Morgan fingerprint density at radius 2 is 1.93 bits per heavy atom. The minimum absolute atomic E-state index is 0.0648. The molecule has 2 heterocycles. The van der Waals surface area contributed by atoms with Crippen LogP contribution in [0.25, 0.3) is 0 Å². The fraction of sp³-hybridized carbons (Fsp3) is 0.476. The number of methoxy groups -OCH3 is 1. The van der Waals surface area contributed by atoms with Gasteiger partial charge in [-0.05, 0) is 44.0 Å². The molecule has 1 saturated heterocycles. The minimum atomic E-state index is -0.572. The molecule has 1 aromatic heterocycles. The molecule has 2 aromatic rings. The zero-order valence-corrected chi connectivity index (χ0v) is 17.0. The van der Waals surface area contributed by atoms with E-state index in [0.29, 0.717) is 13.2 Å². The first-order valence-electron chi connectivity index (χ1n) is 9.49. The molecule has 0 saturated carbocycles. The Bertz CT molecular complexity index is 724. The second-order valence-electron chi connectivity index (χ2n) is 7.11. The summed E-state index contributed by atoms with van der Waals surface area (Å²) >= 11 is 1.85. The maximum atomic E-state index is 13.0. The van der Waals surface area contributed by atoms with Crippen LogP contribution in [0.2, 0.25) is 0 Å². The number of rotatable bonds is 8. The van der Waals surface area contributed by atoms with Gasteiger partial charge < -0.3 is 15.4 Å². The number of thiophene rings is 1. The van der Waals surface area contributed by atoms with Gasteiger partial charge in [-0.2, -0.15) is 0 Å². The maximum absolute atomic E-state index is 13.0. The van der Waals surface area contributed by atoms with Crippen molar-refractivity contribution in [3.05, 3.63) is 52.2 Å². The highest BCUT2D eigenvalue weighted by atomic mass is 32.1. The first kappa shape index (κ1) is 19.9. The highest BCUT2D eigenvalue weighted by Crippen LogP contribution is 2.29. The van der Waals surface area contributed by atoms with Gasteiger partial charge in [0, 0.05) is 48.7 Å². The second-order valence-corrected chi connectivity index (χ2v) is 8.48. The number of anilines is 1. The summed E-state index contributed by atoms with van der Waals surface area (Å²) in [4.78, 5) is 18.2. The fourth-order valence-corrected chi connectivity index (χ4v) is 4.46. The number of nitrogens with zero attached hydrogens (tertiary/aromatic N) is 1. The van der Waals surface area contributed by atoms with Gasteiger partial charge in [-0.1, -0.05) is 18.2 Å². The van der Waals surface area contributed by atoms with Crippen molar-refractivity contribution in [3.63, 3.8) is 0 Å². The molecule has 0 aliphatic carbocycles. The molecule has 0 radical (unpaired) electrons. The van der Waals surface area contributed by atoms with Gasteiger partial charge in [-0.3, -0.25) is 9.69 Å². The van der Waals surface area contributed by atoms with Crippen molar-refractivity contribution in [1.29, 1.82) is 0 Å². The molecule has 1 aliphatic rings. The Balaban J connectivity index is 1.66. The van der Waals surface area contributed by atoms with E-state index in [1.165, 1.54) is 9.75 Å². The van der Waals surface area contributed by atoms with Crippen LogP contribution in [0.15, 0.2) is 42.5 Å². The van der Waals surface area contributed by atoms with E-state index >= 15 is 0 Å².